The van der Waals surface area contributed by atoms with Gasteiger partial charge < -0.3 is 9.80 Å². The van der Waals surface area contributed by atoms with Crippen LogP contribution in [0.1, 0.15) is 149 Å². The highest BCUT2D eigenvalue weighted by molar-refractivity contribution is 4.96. The molecular weight excluding hydrogens is 364 g/mol. The summed E-state index contributed by atoms with van der Waals surface area (Å²) in [6, 6.07) is 0. The van der Waals surface area contributed by atoms with Gasteiger partial charge in [-0.05, 0) is 25.7 Å². The highest BCUT2D eigenvalue weighted by atomic mass is 15.4. The smallest absolute Gasteiger partial charge is 0.101 e. The van der Waals surface area contributed by atoms with Gasteiger partial charge in [0, 0.05) is 25.5 Å². The van der Waals surface area contributed by atoms with E-state index in [9.17, 15) is 0 Å². The van der Waals surface area contributed by atoms with Crippen molar-refractivity contribution in [3.05, 3.63) is 12.4 Å². The van der Waals surface area contributed by atoms with Gasteiger partial charge in [0.2, 0.25) is 0 Å². The van der Waals surface area contributed by atoms with E-state index in [2.05, 4.69) is 43.0 Å². The normalized spacial score (nSPS) is 16.2. The second-order valence-corrected chi connectivity index (χ2v) is 9.70. The van der Waals surface area contributed by atoms with Crippen molar-refractivity contribution in [3.8, 4) is 0 Å². The van der Waals surface area contributed by atoms with Crippen LogP contribution in [0.15, 0.2) is 12.4 Å². The zero-order valence-electron chi connectivity index (χ0n) is 21.2. The van der Waals surface area contributed by atoms with Crippen molar-refractivity contribution in [1.29, 1.82) is 0 Å². The summed E-state index contributed by atoms with van der Waals surface area (Å²) in [5.41, 5.74) is 0. The number of rotatable bonds is 22. The van der Waals surface area contributed by atoms with Gasteiger partial charge in [-0.3, -0.25) is 0 Å². The molecule has 0 spiro atoms. The Hall–Kier alpha value is -0.660. The Morgan fingerprint density at radius 1 is 0.433 bits per heavy atom. The number of unbranched alkanes of at least 4 members (excludes halogenated alkanes) is 16. The van der Waals surface area contributed by atoms with Crippen molar-refractivity contribution in [2.45, 2.75) is 155 Å². The summed E-state index contributed by atoms with van der Waals surface area (Å²) in [5.74, 6) is 0. The molecule has 0 aromatic rings. The van der Waals surface area contributed by atoms with E-state index in [0.717, 1.165) is 0 Å². The summed E-state index contributed by atoms with van der Waals surface area (Å²) >= 11 is 0. The molecule has 0 saturated carbocycles. The second-order valence-electron chi connectivity index (χ2n) is 9.70. The van der Waals surface area contributed by atoms with Gasteiger partial charge in [-0.25, -0.2) is 0 Å². The molecule has 1 aliphatic heterocycles. The molecule has 0 aliphatic carbocycles. The molecule has 30 heavy (non-hydrogen) atoms. The number of nitrogens with zero attached hydrogens (tertiary/aromatic N) is 2. The molecule has 1 aliphatic rings. The fraction of sp³-hybridized carbons (Fsp3) is 0.929. The van der Waals surface area contributed by atoms with Crippen LogP contribution in [0.3, 0.4) is 0 Å². The molecule has 0 aromatic heterocycles. The minimum absolute atomic E-state index is 0.645. The quantitative estimate of drug-likeness (QED) is 0.161. The lowest BCUT2D eigenvalue weighted by atomic mass is 10.1. The molecule has 2 heteroatoms. The van der Waals surface area contributed by atoms with Crippen LogP contribution in [0.4, 0.5) is 0 Å². The first kappa shape index (κ1) is 27.4. The van der Waals surface area contributed by atoms with Gasteiger partial charge in [-0.15, -0.1) is 0 Å². The third-order valence-electron chi connectivity index (χ3n) is 6.82. The predicted molar refractivity (Wildman–Crippen MR) is 136 cm³/mol. The van der Waals surface area contributed by atoms with Crippen LogP contribution in [-0.2, 0) is 0 Å². The lowest BCUT2D eigenvalue weighted by molar-refractivity contribution is 0.135. The molecule has 0 saturated heterocycles. The molecule has 0 amide bonds. The van der Waals surface area contributed by atoms with Crippen molar-refractivity contribution < 1.29 is 0 Å². The van der Waals surface area contributed by atoms with Gasteiger partial charge in [-0.1, -0.05) is 124 Å². The fourth-order valence-electron chi connectivity index (χ4n) is 4.77. The predicted octanol–water partition coefficient (Wildman–Crippen LogP) is 9.26. The highest BCUT2D eigenvalue weighted by Gasteiger charge is 2.24. The SMILES string of the molecule is CCCCCCCCCCCCCCN1C=CN(CCCCC)C1CCCCCC. The Labute approximate surface area is 190 Å². The minimum atomic E-state index is 0.645. The topological polar surface area (TPSA) is 6.48 Å². The molecule has 1 atom stereocenters. The summed E-state index contributed by atoms with van der Waals surface area (Å²) in [6.07, 6.45) is 33.6. The van der Waals surface area contributed by atoms with Crippen LogP contribution in [0.5, 0.6) is 0 Å². The first-order chi connectivity index (χ1) is 14.8. The summed E-state index contributed by atoms with van der Waals surface area (Å²) in [7, 11) is 0. The third kappa shape index (κ3) is 13.6. The Morgan fingerprint density at radius 3 is 1.23 bits per heavy atom. The standard InChI is InChI=1S/C28H56N2/c1-4-7-10-12-13-14-15-16-17-18-19-22-25-30-27-26-29(24-21-9-6-3)28(30)23-20-11-8-5-2/h26-28H,4-25H2,1-3H3. The van der Waals surface area contributed by atoms with Gasteiger partial charge in [0.05, 0.1) is 0 Å². The van der Waals surface area contributed by atoms with E-state index >= 15 is 0 Å². The molecule has 0 bridgehead atoms. The molecule has 1 heterocycles. The van der Waals surface area contributed by atoms with Gasteiger partial charge in [-0.2, -0.15) is 0 Å². The Kier molecular flexibility index (Phi) is 18.5. The van der Waals surface area contributed by atoms with E-state index in [1.165, 1.54) is 142 Å². The summed E-state index contributed by atoms with van der Waals surface area (Å²) in [5, 5.41) is 0. The average molecular weight is 421 g/mol. The molecule has 1 unspecified atom stereocenters. The Bertz CT molecular complexity index is 379. The van der Waals surface area contributed by atoms with Crippen molar-refractivity contribution in [2.24, 2.45) is 0 Å². The Balaban J connectivity index is 2.11. The minimum Gasteiger partial charge on any atom is -0.356 e. The maximum atomic E-state index is 2.66. The molecule has 1 rings (SSSR count). The second kappa shape index (κ2) is 20.3. The monoisotopic (exact) mass is 420 g/mol. The fourth-order valence-corrected chi connectivity index (χ4v) is 4.77. The van der Waals surface area contributed by atoms with Gasteiger partial charge in [0.1, 0.15) is 6.17 Å². The Morgan fingerprint density at radius 2 is 0.767 bits per heavy atom. The van der Waals surface area contributed by atoms with E-state index in [1.54, 1.807) is 0 Å². The van der Waals surface area contributed by atoms with Crippen LogP contribution in [0, 0.1) is 0 Å². The number of hydrogen-bond donors (Lipinski definition) is 0. The van der Waals surface area contributed by atoms with Crippen molar-refractivity contribution in [1.82, 2.24) is 9.80 Å². The molecule has 0 fully saturated rings. The van der Waals surface area contributed by atoms with Gasteiger partial charge in [0.15, 0.2) is 0 Å². The van der Waals surface area contributed by atoms with E-state index < -0.39 is 0 Å². The molecule has 0 N–H and O–H groups in total. The molecular formula is C28H56N2. The molecule has 178 valence electrons. The average Bonchev–Trinajstić information content (AvgIpc) is 3.14. The zero-order valence-corrected chi connectivity index (χ0v) is 21.2. The van der Waals surface area contributed by atoms with Gasteiger partial charge in [0.25, 0.3) is 0 Å². The van der Waals surface area contributed by atoms with Crippen molar-refractivity contribution in [3.63, 3.8) is 0 Å². The van der Waals surface area contributed by atoms with Crippen LogP contribution in [0.2, 0.25) is 0 Å². The first-order valence-electron chi connectivity index (χ1n) is 14.0. The molecule has 2 nitrogen and oxygen atoms in total. The maximum Gasteiger partial charge on any atom is 0.101 e. The summed E-state index contributed by atoms with van der Waals surface area (Å²) in [6.45, 7) is 9.43. The van der Waals surface area contributed by atoms with Crippen LogP contribution in [-0.4, -0.2) is 29.1 Å². The maximum absolute atomic E-state index is 2.66. The van der Waals surface area contributed by atoms with E-state index in [4.69, 9.17) is 0 Å². The first-order valence-corrected chi connectivity index (χ1v) is 14.0. The lowest BCUT2D eigenvalue weighted by Crippen LogP contribution is -2.39. The van der Waals surface area contributed by atoms with Crippen LogP contribution >= 0.6 is 0 Å². The van der Waals surface area contributed by atoms with E-state index in [-0.39, 0.29) is 0 Å². The van der Waals surface area contributed by atoms with E-state index in [1.807, 2.05) is 0 Å². The number of hydrogen-bond acceptors (Lipinski definition) is 2. The largest absolute Gasteiger partial charge is 0.356 e. The lowest BCUT2D eigenvalue weighted by Gasteiger charge is -2.33. The summed E-state index contributed by atoms with van der Waals surface area (Å²) in [4.78, 5) is 5.30. The van der Waals surface area contributed by atoms with Gasteiger partial charge >= 0.3 is 0 Å². The molecule has 0 radical (unpaired) electrons. The van der Waals surface area contributed by atoms with Crippen molar-refractivity contribution >= 4 is 0 Å². The van der Waals surface area contributed by atoms with Crippen LogP contribution in [0.25, 0.3) is 0 Å². The summed E-state index contributed by atoms with van der Waals surface area (Å²) < 4.78 is 0. The zero-order chi connectivity index (χ0) is 21.7. The van der Waals surface area contributed by atoms with Crippen LogP contribution < -0.4 is 0 Å². The third-order valence-corrected chi connectivity index (χ3v) is 6.82. The molecule has 0 aromatic carbocycles. The highest BCUT2D eigenvalue weighted by Crippen LogP contribution is 2.23. The van der Waals surface area contributed by atoms with Crippen molar-refractivity contribution in [2.75, 3.05) is 13.1 Å². The van der Waals surface area contributed by atoms with E-state index in [0.29, 0.717) is 6.17 Å².